The maximum Gasteiger partial charge on any atom is 0.303 e. The fourth-order valence-corrected chi connectivity index (χ4v) is 1.25. The van der Waals surface area contributed by atoms with Gasteiger partial charge in [-0.25, -0.2) is 8.42 Å². The Morgan fingerprint density at radius 2 is 1.93 bits per heavy atom. The van der Waals surface area contributed by atoms with Crippen molar-refractivity contribution in [1.29, 1.82) is 0 Å². The van der Waals surface area contributed by atoms with Gasteiger partial charge in [0.2, 0.25) is 0 Å². The molecule has 0 aromatic heterocycles. The normalized spacial score (nSPS) is 12.7. The zero-order chi connectivity index (χ0) is 12.1. The van der Waals surface area contributed by atoms with Gasteiger partial charge in [-0.05, 0) is 26.8 Å². The summed E-state index contributed by atoms with van der Waals surface area (Å²) in [5.74, 6) is -0.834. The van der Waals surface area contributed by atoms with E-state index in [9.17, 15) is 13.2 Å². The molecule has 0 amide bonds. The summed E-state index contributed by atoms with van der Waals surface area (Å²) in [5.41, 5.74) is 0. The van der Waals surface area contributed by atoms with Crippen LogP contribution >= 0.6 is 0 Å². The van der Waals surface area contributed by atoms with E-state index in [1.165, 1.54) is 6.26 Å². The molecule has 0 radical (unpaired) electrons. The van der Waals surface area contributed by atoms with Crippen molar-refractivity contribution in [1.82, 2.24) is 5.32 Å². The Morgan fingerprint density at radius 1 is 1.40 bits per heavy atom. The molecule has 0 aliphatic carbocycles. The standard InChI is InChI=1S/C9H19NO4S/c1-9(2,15(3,13)14)7-10-6-4-5-8(11)12/h10H,4-7H2,1-3H3,(H,11,12). The minimum absolute atomic E-state index is 0.103. The van der Waals surface area contributed by atoms with Crippen LogP contribution in [0.1, 0.15) is 26.7 Å². The van der Waals surface area contributed by atoms with E-state index in [0.29, 0.717) is 19.5 Å². The van der Waals surface area contributed by atoms with Gasteiger partial charge in [0.05, 0.1) is 4.75 Å². The van der Waals surface area contributed by atoms with E-state index in [1.807, 2.05) is 0 Å². The predicted octanol–water partition coefficient (Wildman–Crippen LogP) is 0.264. The largest absolute Gasteiger partial charge is 0.481 e. The van der Waals surface area contributed by atoms with E-state index >= 15 is 0 Å². The molecule has 0 spiro atoms. The lowest BCUT2D eigenvalue weighted by molar-refractivity contribution is -0.137. The molecule has 0 aromatic rings. The lowest BCUT2D eigenvalue weighted by Crippen LogP contribution is -2.42. The number of hydrogen-bond acceptors (Lipinski definition) is 4. The minimum atomic E-state index is -3.08. The van der Waals surface area contributed by atoms with Gasteiger partial charge in [0.25, 0.3) is 0 Å². The highest BCUT2D eigenvalue weighted by Gasteiger charge is 2.29. The summed E-state index contributed by atoms with van der Waals surface area (Å²) < 4.78 is 21.8. The van der Waals surface area contributed by atoms with Crippen LogP contribution in [0.4, 0.5) is 0 Å². The first-order valence-corrected chi connectivity index (χ1v) is 6.68. The summed E-state index contributed by atoms with van der Waals surface area (Å²) in [6, 6.07) is 0. The third kappa shape index (κ3) is 5.74. The first-order chi connectivity index (χ1) is 6.67. The lowest BCUT2D eigenvalue weighted by atomic mass is 10.2. The molecular formula is C9H19NO4S. The molecule has 0 aliphatic heterocycles. The van der Waals surface area contributed by atoms with Crippen molar-refractivity contribution in [3.8, 4) is 0 Å². The van der Waals surface area contributed by atoms with Crippen LogP contribution < -0.4 is 5.32 Å². The van der Waals surface area contributed by atoms with E-state index in [4.69, 9.17) is 5.11 Å². The van der Waals surface area contributed by atoms with Crippen LogP contribution in [0.15, 0.2) is 0 Å². The van der Waals surface area contributed by atoms with Crippen LogP contribution in [0.25, 0.3) is 0 Å². The van der Waals surface area contributed by atoms with Gasteiger partial charge in [0, 0.05) is 19.2 Å². The van der Waals surface area contributed by atoms with Crippen molar-refractivity contribution in [3.05, 3.63) is 0 Å². The van der Waals surface area contributed by atoms with Gasteiger partial charge in [-0.3, -0.25) is 4.79 Å². The number of sulfone groups is 1. The number of carbonyl (C=O) groups is 1. The molecule has 5 nitrogen and oxygen atoms in total. The molecule has 0 aliphatic rings. The number of rotatable bonds is 7. The zero-order valence-electron chi connectivity index (χ0n) is 9.41. The van der Waals surface area contributed by atoms with E-state index in [1.54, 1.807) is 13.8 Å². The summed E-state index contributed by atoms with van der Waals surface area (Å²) in [5, 5.41) is 11.3. The maximum absolute atomic E-state index is 11.3. The molecule has 0 saturated heterocycles. The van der Waals surface area contributed by atoms with Crippen LogP contribution in [0.2, 0.25) is 0 Å². The van der Waals surface area contributed by atoms with Crippen molar-refractivity contribution in [2.45, 2.75) is 31.4 Å². The van der Waals surface area contributed by atoms with Gasteiger partial charge in [-0.2, -0.15) is 0 Å². The Kier molecular flexibility index (Phi) is 5.23. The number of carboxylic acid groups (broad SMARTS) is 1. The van der Waals surface area contributed by atoms with Gasteiger partial charge >= 0.3 is 5.97 Å². The Bertz CT molecular complexity index is 308. The van der Waals surface area contributed by atoms with Crippen LogP contribution in [0.5, 0.6) is 0 Å². The highest BCUT2D eigenvalue weighted by atomic mass is 32.2. The molecule has 0 rings (SSSR count). The molecular weight excluding hydrogens is 218 g/mol. The average molecular weight is 237 g/mol. The van der Waals surface area contributed by atoms with Crippen molar-refractivity contribution < 1.29 is 18.3 Å². The van der Waals surface area contributed by atoms with Crippen molar-refractivity contribution >= 4 is 15.8 Å². The molecule has 0 saturated carbocycles. The minimum Gasteiger partial charge on any atom is -0.481 e. The lowest BCUT2D eigenvalue weighted by Gasteiger charge is -2.22. The second kappa shape index (κ2) is 5.46. The molecule has 6 heteroatoms. The van der Waals surface area contributed by atoms with Gasteiger partial charge in [-0.1, -0.05) is 0 Å². The second-order valence-electron chi connectivity index (χ2n) is 4.21. The van der Waals surface area contributed by atoms with Crippen LogP contribution in [0.3, 0.4) is 0 Å². The van der Waals surface area contributed by atoms with E-state index in [2.05, 4.69) is 5.32 Å². The van der Waals surface area contributed by atoms with Gasteiger partial charge in [0.1, 0.15) is 0 Å². The Labute approximate surface area is 90.8 Å². The highest BCUT2D eigenvalue weighted by molar-refractivity contribution is 7.92. The zero-order valence-corrected chi connectivity index (χ0v) is 10.2. The third-order valence-electron chi connectivity index (χ3n) is 2.30. The fourth-order valence-electron chi connectivity index (χ4n) is 0.885. The van der Waals surface area contributed by atoms with Crippen LogP contribution in [-0.4, -0.2) is 43.6 Å². The number of hydrogen-bond donors (Lipinski definition) is 2. The van der Waals surface area contributed by atoms with E-state index in [0.717, 1.165) is 0 Å². The molecule has 15 heavy (non-hydrogen) atoms. The molecule has 0 fully saturated rings. The Hall–Kier alpha value is -0.620. The maximum atomic E-state index is 11.3. The van der Waals surface area contributed by atoms with Crippen LogP contribution in [-0.2, 0) is 14.6 Å². The first kappa shape index (κ1) is 14.4. The second-order valence-corrected chi connectivity index (χ2v) is 6.86. The van der Waals surface area contributed by atoms with E-state index < -0.39 is 20.6 Å². The molecule has 90 valence electrons. The van der Waals surface area contributed by atoms with Gasteiger partial charge in [-0.15, -0.1) is 0 Å². The SMILES string of the molecule is CC(C)(CNCCCC(=O)O)S(C)(=O)=O. The Morgan fingerprint density at radius 3 is 2.33 bits per heavy atom. The summed E-state index contributed by atoms with van der Waals surface area (Å²) >= 11 is 0. The highest BCUT2D eigenvalue weighted by Crippen LogP contribution is 2.13. The average Bonchev–Trinajstić information content (AvgIpc) is 2.00. The van der Waals surface area contributed by atoms with Crippen molar-refractivity contribution in [2.24, 2.45) is 0 Å². The number of aliphatic carboxylic acids is 1. The summed E-state index contributed by atoms with van der Waals surface area (Å²) in [4.78, 5) is 10.2. The number of nitrogens with one attached hydrogen (secondary N) is 1. The topological polar surface area (TPSA) is 83.5 Å². The molecule has 0 aromatic carbocycles. The summed E-state index contributed by atoms with van der Waals surface area (Å²) in [7, 11) is -3.08. The molecule has 0 bridgehead atoms. The summed E-state index contributed by atoms with van der Waals surface area (Å²) in [6.07, 6.45) is 1.81. The fraction of sp³-hybridized carbons (Fsp3) is 0.889. The number of carboxylic acids is 1. The monoisotopic (exact) mass is 237 g/mol. The molecule has 2 N–H and O–H groups in total. The van der Waals surface area contributed by atoms with E-state index in [-0.39, 0.29) is 6.42 Å². The first-order valence-electron chi connectivity index (χ1n) is 4.79. The van der Waals surface area contributed by atoms with Gasteiger partial charge in [0.15, 0.2) is 9.84 Å². The third-order valence-corrected chi connectivity index (χ3v) is 4.45. The van der Waals surface area contributed by atoms with Crippen molar-refractivity contribution in [3.63, 3.8) is 0 Å². The summed E-state index contributed by atoms with van der Waals surface area (Å²) in [6.45, 7) is 4.15. The Balaban J connectivity index is 3.82. The van der Waals surface area contributed by atoms with Crippen LogP contribution in [0, 0.1) is 0 Å². The smallest absolute Gasteiger partial charge is 0.303 e. The van der Waals surface area contributed by atoms with Crippen molar-refractivity contribution in [2.75, 3.05) is 19.3 Å². The quantitative estimate of drug-likeness (QED) is 0.621. The molecule has 0 unspecified atom stereocenters. The molecule has 0 atom stereocenters. The predicted molar refractivity (Wildman–Crippen MR) is 58.7 cm³/mol. The van der Waals surface area contributed by atoms with Gasteiger partial charge < -0.3 is 10.4 Å². The molecule has 0 heterocycles.